The predicted octanol–water partition coefficient (Wildman–Crippen LogP) is 6.21. The van der Waals surface area contributed by atoms with Crippen molar-refractivity contribution >= 4 is 35.8 Å². The van der Waals surface area contributed by atoms with Crippen LogP contribution >= 0.6 is 11.8 Å². The molecule has 282 valence electrons. The van der Waals surface area contributed by atoms with Gasteiger partial charge < -0.3 is 30.7 Å². The summed E-state index contributed by atoms with van der Waals surface area (Å²) in [5.74, 6) is -14.6. The molecular formula is C37H37F5N4O6S. The minimum absolute atomic E-state index is 0.0946. The molecule has 3 aromatic rings. The summed E-state index contributed by atoms with van der Waals surface area (Å²) in [6, 6.07) is 13.7. The SMILES string of the molecule is O=C(CCCCC1SCC2NC(=O)NC21)NCCCC[C@H](NC(=O)OCC1c2ccccc2-c2ccccc21)C(=O)Oc1c(F)c(F)c(F)c(F)c1F. The number of amides is 4. The van der Waals surface area contributed by atoms with Gasteiger partial charge in [-0.05, 0) is 54.4 Å². The minimum Gasteiger partial charge on any atom is -0.449 e. The van der Waals surface area contributed by atoms with Gasteiger partial charge in [-0.2, -0.15) is 20.5 Å². The Hall–Kier alpha value is -4.86. The van der Waals surface area contributed by atoms with E-state index < -0.39 is 52.9 Å². The number of fused-ring (bicyclic) bond motifs is 4. The van der Waals surface area contributed by atoms with Gasteiger partial charge in [0.05, 0.1) is 12.1 Å². The molecule has 0 bridgehead atoms. The zero-order chi connectivity index (χ0) is 37.6. The number of nitrogens with one attached hydrogen (secondary N) is 4. The highest BCUT2D eigenvalue weighted by atomic mass is 32.2. The number of esters is 1. The number of alkyl carbamates (subject to hydrolysis) is 1. The Morgan fingerprint density at radius 2 is 1.47 bits per heavy atom. The Morgan fingerprint density at radius 3 is 2.15 bits per heavy atom. The molecule has 0 spiro atoms. The molecule has 4 amide bonds. The second kappa shape index (κ2) is 16.9. The first-order valence-electron chi connectivity index (χ1n) is 17.3. The van der Waals surface area contributed by atoms with Crippen LogP contribution in [0.5, 0.6) is 5.75 Å². The summed E-state index contributed by atoms with van der Waals surface area (Å²) in [5, 5.41) is 11.2. The largest absolute Gasteiger partial charge is 0.449 e. The van der Waals surface area contributed by atoms with Crippen LogP contribution in [0.3, 0.4) is 0 Å². The zero-order valence-corrected chi connectivity index (χ0v) is 29.1. The van der Waals surface area contributed by atoms with Gasteiger partial charge in [-0.3, -0.25) is 4.79 Å². The Balaban J connectivity index is 1.01. The first kappa shape index (κ1) is 37.9. The van der Waals surface area contributed by atoms with Gasteiger partial charge in [0.25, 0.3) is 0 Å². The van der Waals surface area contributed by atoms with Crippen LogP contribution < -0.4 is 26.0 Å². The van der Waals surface area contributed by atoms with Gasteiger partial charge >= 0.3 is 18.1 Å². The summed E-state index contributed by atoms with van der Waals surface area (Å²) >= 11 is 1.80. The van der Waals surface area contributed by atoms with E-state index in [-0.39, 0.29) is 67.6 Å². The van der Waals surface area contributed by atoms with Gasteiger partial charge in [0.1, 0.15) is 12.6 Å². The summed E-state index contributed by atoms with van der Waals surface area (Å²) in [6.45, 7) is 0.0861. The Bertz CT molecular complexity index is 1810. The number of benzene rings is 3. The van der Waals surface area contributed by atoms with E-state index in [0.717, 1.165) is 40.8 Å². The van der Waals surface area contributed by atoms with Crippen LogP contribution in [-0.2, 0) is 14.3 Å². The monoisotopic (exact) mass is 760 g/mol. The fourth-order valence-electron chi connectivity index (χ4n) is 6.94. The fraction of sp³-hybridized carbons (Fsp3) is 0.405. The van der Waals surface area contributed by atoms with Crippen molar-refractivity contribution in [3.63, 3.8) is 0 Å². The van der Waals surface area contributed by atoms with Gasteiger partial charge in [-0.15, -0.1) is 0 Å². The molecule has 2 saturated heterocycles. The van der Waals surface area contributed by atoms with Crippen LogP contribution in [-0.4, -0.2) is 66.3 Å². The number of halogens is 5. The lowest BCUT2D eigenvalue weighted by Crippen LogP contribution is -2.44. The third kappa shape index (κ3) is 8.53. The summed E-state index contributed by atoms with van der Waals surface area (Å²) in [4.78, 5) is 50.0. The number of rotatable bonds is 15. The second-order valence-corrected chi connectivity index (χ2v) is 14.3. The smallest absolute Gasteiger partial charge is 0.407 e. The molecule has 0 saturated carbocycles. The van der Waals surface area contributed by atoms with E-state index in [2.05, 4.69) is 26.0 Å². The second-order valence-electron chi connectivity index (χ2n) is 13.1. The zero-order valence-electron chi connectivity index (χ0n) is 28.3. The number of hydrogen-bond acceptors (Lipinski definition) is 7. The molecule has 3 aliphatic rings. The highest BCUT2D eigenvalue weighted by Gasteiger charge is 2.42. The molecular weight excluding hydrogens is 723 g/mol. The molecule has 3 unspecified atom stereocenters. The van der Waals surface area contributed by atoms with Gasteiger partial charge in [0.15, 0.2) is 0 Å². The van der Waals surface area contributed by atoms with Crippen molar-refractivity contribution in [2.75, 3.05) is 18.9 Å². The first-order chi connectivity index (χ1) is 25.5. The molecule has 3 aromatic carbocycles. The van der Waals surface area contributed by atoms with Crippen molar-refractivity contribution < 1.29 is 50.6 Å². The van der Waals surface area contributed by atoms with Crippen LogP contribution in [0.2, 0.25) is 0 Å². The Kier molecular flexibility index (Phi) is 12.1. The molecule has 10 nitrogen and oxygen atoms in total. The number of hydrogen-bond donors (Lipinski definition) is 4. The van der Waals surface area contributed by atoms with Gasteiger partial charge in [0, 0.05) is 29.9 Å². The lowest BCUT2D eigenvalue weighted by Gasteiger charge is -2.19. The molecule has 4 N–H and O–H groups in total. The molecule has 53 heavy (non-hydrogen) atoms. The summed E-state index contributed by atoms with van der Waals surface area (Å²) < 4.78 is 80.0. The molecule has 0 radical (unpaired) electrons. The maximum Gasteiger partial charge on any atom is 0.407 e. The summed E-state index contributed by atoms with van der Waals surface area (Å²) in [6.07, 6.45) is 1.85. The van der Waals surface area contributed by atoms with Crippen molar-refractivity contribution in [1.29, 1.82) is 0 Å². The van der Waals surface area contributed by atoms with E-state index in [1.165, 1.54) is 0 Å². The molecule has 4 atom stereocenters. The average Bonchev–Trinajstić information content (AvgIpc) is 3.82. The Labute approximate surface area is 305 Å². The number of carbonyl (C=O) groups is 4. The van der Waals surface area contributed by atoms with Crippen LogP contribution in [0, 0.1) is 29.1 Å². The molecule has 0 aromatic heterocycles. The predicted molar refractivity (Wildman–Crippen MR) is 185 cm³/mol. The first-order valence-corrected chi connectivity index (χ1v) is 18.4. The van der Waals surface area contributed by atoms with Gasteiger partial charge in [-0.1, -0.05) is 55.0 Å². The molecule has 16 heteroatoms. The van der Waals surface area contributed by atoms with E-state index >= 15 is 0 Å². The average molecular weight is 761 g/mol. The lowest BCUT2D eigenvalue weighted by atomic mass is 9.98. The van der Waals surface area contributed by atoms with Crippen LogP contribution in [0.25, 0.3) is 11.1 Å². The maximum absolute atomic E-state index is 14.3. The van der Waals surface area contributed by atoms with E-state index in [9.17, 15) is 41.1 Å². The number of carbonyl (C=O) groups excluding carboxylic acids is 4. The minimum atomic E-state index is -2.42. The third-order valence-corrected chi connectivity index (χ3v) is 11.1. The molecule has 2 heterocycles. The van der Waals surface area contributed by atoms with Crippen molar-refractivity contribution in [2.45, 2.75) is 74.2 Å². The molecule has 2 aliphatic heterocycles. The van der Waals surface area contributed by atoms with E-state index in [1.54, 1.807) is 11.8 Å². The summed E-state index contributed by atoms with van der Waals surface area (Å²) in [5.41, 5.74) is 3.81. The highest BCUT2D eigenvalue weighted by molar-refractivity contribution is 8.00. The Morgan fingerprint density at radius 1 is 0.830 bits per heavy atom. The standard InChI is InChI=1S/C37H37F5N4O6S/c38-28-29(39)31(41)34(32(42)30(28)40)52-35(48)24(45-37(50)51-17-23-21-11-3-1-9-19(21)20-10-2-4-12-22(20)23)13-7-8-16-43-27(47)15-6-5-14-26-33-25(18-53-26)44-36(49)46-33/h1-4,9-12,23-26,33H,5-8,13-18H2,(H,43,47)(H,45,50)(H2,44,46,49)/t24-,25?,26?,33?/m0/s1. The van der Waals surface area contributed by atoms with Crippen molar-refractivity contribution in [3.05, 3.63) is 88.7 Å². The quantitative estimate of drug-likeness (QED) is 0.0276. The number of thioether (sulfide) groups is 1. The number of urea groups is 1. The topological polar surface area (TPSA) is 135 Å². The van der Waals surface area contributed by atoms with Crippen LogP contribution in [0.15, 0.2) is 48.5 Å². The molecule has 2 fully saturated rings. The molecule has 1 aliphatic carbocycles. The van der Waals surface area contributed by atoms with Crippen LogP contribution in [0.1, 0.15) is 62.0 Å². The van der Waals surface area contributed by atoms with Crippen molar-refractivity contribution in [1.82, 2.24) is 21.3 Å². The van der Waals surface area contributed by atoms with E-state index in [1.807, 2.05) is 48.5 Å². The van der Waals surface area contributed by atoms with Crippen LogP contribution in [0.4, 0.5) is 31.5 Å². The van der Waals surface area contributed by atoms with Gasteiger partial charge in [0.2, 0.25) is 40.7 Å². The normalized spacial score (nSPS) is 19.0. The van der Waals surface area contributed by atoms with Gasteiger partial charge in [-0.25, -0.2) is 27.6 Å². The van der Waals surface area contributed by atoms with E-state index in [0.29, 0.717) is 12.8 Å². The maximum atomic E-state index is 14.3. The highest BCUT2D eigenvalue weighted by Crippen LogP contribution is 2.44. The van der Waals surface area contributed by atoms with Crippen molar-refractivity contribution in [2.24, 2.45) is 0 Å². The fourth-order valence-corrected chi connectivity index (χ4v) is 8.48. The number of unbranched alkanes of at least 4 members (excludes halogenated alkanes) is 2. The molecule has 6 rings (SSSR count). The number of ether oxygens (including phenoxy) is 2. The third-order valence-electron chi connectivity index (χ3n) is 9.61. The summed E-state index contributed by atoms with van der Waals surface area (Å²) in [7, 11) is 0. The van der Waals surface area contributed by atoms with E-state index in [4.69, 9.17) is 4.74 Å². The lowest BCUT2D eigenvalue weighted by molar-refractivity contribution is -0.137. The van der Waals surface area contributed by atoms with Crippen molar-refractivity contribution in [3.8, 4) is 16.9 Å².